The molecule has 4 nitrogen and oxygen atoms in total. The maximum absolute atomic E-state index is 6.16. The Balaban J connectivity index is 1.82. The maximum atomic E-state index is 6.16. The van der Waals surface area contributed by atoms with Crippen LogP contribution in [0.5, 0.6) is 0 Å². The molecule has 2 rings (SSSR count). The molecule has 19 heavy (non-hydrogen) atoms. The summed E-state index contributed by atoms with van der Waals surface area (Å²) >= 11 is 0. The summed E-state index contributed by atoms with van der Waals surface area (Å²) in [7, 11) is 0. The second kappa shape index (κ2) is 6.48. The Morgan fingerprint density at radius 1 is 1.21 bits per heavy atom. The van der Waals surface area contributed by atoms with Crippen molar-refractivity contribution < 1.29 is 0 Å². The van der Waals surface area contributed by atoms with Crippen LogP contribution in [0.4, 0.5) is 0 Å². The molecule has 0 radical (unpaired) electrons. The van der Waals surface area contributed by atoms with Gasteiger partial charge in [0.25, 0.3) is 0 Å². The lowest BCUT2D eigenvalue weighted by Gasteiger charge is -2.09. The number of rotatable bonds is 6. The van der Waals surface area contributed by atoms with E-state index in [1.807, 2.05) is 35.3 Å². The molecule has 0 aromatic carbocycles. The summed E-state index contributed by atoms with van der Waals surface area (Å²) in [5.41, 5.74) is 8.34. The zero-order valence-electron chi connectivity index (χ0n) is 11.7. The normalized spacial score (nSPS) is 12.8. The van der Waals surface area contributed by atoms with Gasteiger partial charge in [-0.05, 0) is 44.9 Å². The van der Waals surface area contributed by atoms with Crippen molar-refractivity contribution in [2.45, 2.75) is 45.2 Å². The van der Waals surface area contributed by atoms with Crippen molar-refractivity contribution >= 4 is 0 Å². The molecule has 0 aliphatic rings. The van der Waals surface area contributed by atoms with E-state index in [1.165, 1.54) is 0 Å². The van der Waals surface area contributed by atoms with Crippen molar-refractivity contribution in [3.63, 3.8) is 0 Å². The van der Waals surface area contributed by atoms with Crippen LogP contribution < -0.4 is 5.73 Å². The van der Waals surface area contributed by atoms with E-state index in [9.17, 15) is 0 Å². The molecule has 2 aromatic rings. The van der Waals surface area contributed by atoms with Gasteiger partial charge >= 0.3 is 0 Å². The van der Waals surface area contributed by atoms with E-state index in [4.69, 9.17) is 5.73 Å². The Hall–Kier alpha value is -1.68. The highest BCUT2D eigenvalue weighted by molar-refractivity contribution is 5.05. The van der Waals surface area contributed by atoms with Gasteiger partial charge in [-0.1, -0.05) is 6.07 Å². The quantitative estimate of drug-likeness (QED) is 0.865. The molecular weight excluding hydrogens is 236 g/mol. The lowest BCUT2D eigenvalue weighted by molar-refractivity contribution is 0.518. The van der Waals surface area contributed by atoms with Gasteiger partial charge in [-0.25, -0.2) is 0 Å². The molecule has 0 aliphatic heterocycles. The summed E-state index contributed by atoms with van der Waals surface area (Å²) in [5.74, 6) is 0. The number of pyridine rings is 1. The van der Waals surface area contributed by atoms with Crippen molar-refractivity contribution in [1.82, 2.24) is 14.8 Å². The molecule has 0 saturated heterocycles. The first-order chi connectivity index (χ1) is 9.15. The van der Waals surface area contributed by atoms with E-state index in [-0.39, 0.29) is 6.04 Å². The number of hydrogen-bond donors (Lipinski definition) is 1. The molecule has 1 atom stereocenters. The average molecular weight is 258 g/mol. The molecule has 0 fully saturated rings. The number of aromatic nitrogens is 3. The molecule has 102 valence electrons. The van der Waals surface area contributed by atoms with Crippen LogP contribution in [-0.4, -0.2) is 20.8 Å². The van der Waals surface area contributed by atoms with Crippen LogP contribution in [0.15, 0.2) is 36.7 Å². The smallest absolute Gasteiger partial charge is 0.0640 e. The molecule has 2 aromatic heterocycles. The van der Waals surface area contributed by atoms with E-state index >= 15 is 0 Å². The fourth-order valence-corrected chi connectivity index (χ4v) is 2.02. The summed E-state index contributed by atoms with van der Waals surface area (Å²) in [6.45, 7) is 4.25. The number of nitrogens with two attached hydrogens (primary N) is 1. The first-order valence-corrected chi connectivity index (χ1v) is 6.84. The Morgan fingerprint density at radius 2 is 2.05 bits per heavy atom. The number of nitrogens with zero attached hydrogens (tertiary/aromatic N) is 3. The molecule has 1 unspecified atom stereocenters. The molecule has 2 heterocycles. The van der Waals surface area contributed by atoms with Crippen LogP contribution in [0, 0.1) is 0 Å². The second-order valence-corrected chi connectivity index (χ2v) is 5.20. The van der Waals surface area contributed by atoms with Crippen LogP contribution in [0.1, 0.15) is 37.7 Å². The van der Waals surface area contributed by atoms with Gasteiger partial charge in [0.15, 0.2) is 0 Å². The SMILES string of the molecule is CC(C)n1ccc(CC(N)CCc2ccccn2)n1. The number of hydrogen-bond acceptors (Lipinski definition) is 3. The summed E-state index contributed by atoms with van der Waals surface area (Å²) < 4.78 is 1.97. The Labute approximate surface area is 114 Å². The summed E-state index contributed by atoms with van der Waals surface area (Å²) in [6, 6.07) is 8.58. The predicted octanol–water partition coefficient (Wildman–Crippen LogP) is 2.36. The molecular formula is C15H22N4. The zero-order chi connectivity index (χ0) is 13.7. The van der Waals surface area contributed by atoms with Crippen molar-refractivity contribution in [1.29, 1.82) is 0 Å². The van der Waals surface area contributed by atoms with Gasteiger partial charge in [0.2, 0.25) is 0 Å². The topological polar surface area (TPSA) is 56.7 Å². The van der Waals surface area contributed by atoms with E-state index in [2.05, 4.69) is 30.0 Å². The van der Waals surface area contributed by atoms with Gasteiger partial charge in [0.1, 0.15) is 0 Å². The highest BCUT2D eigenvalue weighted by Gasteiger charge is 2.08. The van der Waals surface area contributed by atoms with Crippen LogP contribution in [0.25, 0.3) is 0 Å². The van der Waals surface area contributed by atoms with Crippen molar-refractivity contribution in [2.75, 3.05) is 0 Å². The van der Waals surface area contributed by atoms with Gasteiger partial charge in [-0.3, -0.25) is 9.67 Å². The lowest BCUT2D eigenvalue weighted by atomic mass is 10.1. The highest BCUT2D eigenvalue weighted by Crippen LogP contribution is 2.08. The van der Waals surface area contributed by atoms with Crippen LogP contribution in [0.3, 0.4) is 0 Å². The van der Waals surface area contributed by atoms with Gasteiger partial charge in [0.05, 0.1) is 5.69 Å². The fourth-order valence-electron chi connectivity index (χ4n) is 2.02. The van der Waals surface area contributed by atoms with E-state index in [1.54, 1.807) is 0 Å². The fraction of sp³-hybridized carbons (Fsp3) is 0.467. The summed E-state index contributed by atoms with van der Waals surface area (Å²) in [6.07, 6.45) is 6.53. The molecule has 2 N–H and O–H groups in total. The van der Waals surface area contributed by atoms with Crippen molar-refractivity contribution in [2.24, 2.45) is 5.73 Å². The van der Waals surface area contributed by atoms with Crippen molar-refractivity contribution in [3.8, 4) is 0 Å². The molecule has 0 bridgehead atoms. The zero-order valence-corrected chi connectivity index (χ0v) is 11.7. The van der Waals surface area contributed by atoms with Gasteiger partial charge in [-0.15, -0.1) is 0 Å². The molecule has 0 saturated carbocycles. The van der Waals surface area contributed by atoms with Crippen LogP contribution in [0.2, 0.25) is 0 Å². The second-order valence-electron chi connectivity index (χ2n) is 5.20. The average Bonchev–Trinajstić information content (AvgIpc) is 2.86. The monoisotopic (exact) mass is 258 g/mol. The predicted molar refractivity (Wildman–Crippen MR) is 76.8 cm³/mol. The van der Waals surface area contributed by atoms with Crippen molar-refractivity contribution in [3.05, 3.63) is 48.0 Å². The highest BCUT2D eigenvalue weighted by atomic mass is 15.3. The standard InChI is InChI=1S/C15H22N4/c1-12(2)19-10-8-15(18-19)11-13(16)6-7-14-5-3-4-9-17-14/h3-5,8-10,12-13H,6-7,11,16H2,1-2H3. The minimum Gasteiger partial charge on any atom is -0.327 e. The molecule has 4 heteroatoms. The third-order valence-electron chi connectivity index (χ3n) is 3.16. The Bertz CT molecular complexity index is 490. The third kappa shape index (κ3) is 4.17. The van der Waals surface area contributed by atoms with Gasteiger partial charge in [0, 0.05) is 36.6 Å². The summed E-state index contributed by atoms with van der Waals surface area (Å²) in [4.78, 5) is 4.31. The minimum absolute atomic E-state index is 0.137. The van der Waals surface area contributed by atoms with Crippen LogP contribution in [-0.2, 0) is 12.8 Å². The molecule has 0 aliphatic carbocycles. The first-order valence-electron chi connectivity index (χ1n) is 6.84. The number of aryl methyl sites for hydroxylation is 1. The first kappa shape index (κ1) is 13.7. The third-order valence-corrected chi connectivity index (χ3v) is 3.16. The Morgan fingerprint density at radius 3 is 2.68 bits per heavy atom. The van der Waals surface area contributed by atoms with E-state index in [0.29, 0.717) is 6.04 Å². The summed E-state index contributed by atoms with van der Waals surface area (Å²) in [5, 5.41) is 4.53. The van der Waals surface area contributed by atoms with Gasteiger partial charge in [-0.2, -0.15) is 5.10 Å². The van der Waals surface area contributed by atoms with Crippen LogP contribution >= 0.6 is 0 Å². The van der Waals surface area contributed by atoms with E-state index < -0.39 is 0 Å². The minimum atomic E-state index is 0.137. The maximum Gasteiger partial charge on any atom is 0.0640 e. The van der Waals surface area contributed by atoms with E-state index in [0.717, 1.165) is 30.7 Å². The largest absolute Gasteiger partial charge is 0.327 e. The Kier molecular flexibility index (Phi) is 4.68. The van der Waals surface area contributed by atoms with Gasteiger partial charge < -0.3 is 5.73 Å². The molecule has 0 amide bonds. The lowest BCUT2D eigenvalue weighted by Crippen LogP contribution is -2.24. The molecule has 0 spiro atoms.